The second-order valence-corrected chi connectivity index (χ2v) is 5.41. The highest BCUT2D eigenvalue weighted by molar-refractivity contribution is 5.91. The van der Waals surface area contributed by atoms with Crippen LogP contribution in [0.1, 0.15) is 25.7 Å². The molecule has 116 valence electrons. The van der Waals surface area contributed by atoms with Gasteiger partial charge >= 0.3 is 0 Å². The van der Waals surface area contributed by atoms with Gasteiger partial charge in [0, 0.05) is 44.2 Å². The first kappa shape index (κ1) is 15.8. The third-order valence-corrected chi connectivity index (χ3v) is 3.56. The maximum atomic E-state index is 11.8. The van der Waals surface area contributed by atoms with Crippen molar-refractivity contribution < 1.29 is 14.3 Å². The number of nitrogen functional groups attached to an aromatic ring is 1. The maximum absolute atomic E-state index is 11.8. The summed E-state index contributed by atoms with van der Waals surface area (Å²) in [6, 6.07) is 7.19. The Morgan fingerprint density at radius 3 is 2.95 bits per heavy atom. The van der Waals surface area contributed by atoms with Crippen molar-refractivity contribution in [2.45, 2.75) is 25.7 Å². The van der Waals surface area contributed by atoms with Crippen LogP contribution in [0.5, 0.6) is 0 Å². The van der Waals surface area contributed by atoms with E-state index in [1.165, 1.54) is 0 Å². The Labute approximate surface area is 125 Å². The number of rotatable bonds is 7. The van der Waals surface area contributed by atoms with Crippen LogP contribution < -0.4 is 11.1 Å². The number of carbonyl (C=O) groups excluding carboxylic acids is 1. The molecular formula is C16H24N2O3. The quantitative estimate of drug-likeness (QED) is 0.598. The molecule has 1 amide bonds. The van der Waals surface area contributed by atoms with E-state index in [-0.39, 0.29) is 5.91 Å². The molecule has 0 unspecified atom stereocenters. The summed E-state index contributed by atoms with van der Waals surface area (Å²) in [7, 11) is 0. The van der Waals surface area contributed by atoms with E-state index in [1.54, 1.807) is 12.1 Å². The van der Waals surface area contributed by atoms with Gasteiger partial charge in [-0.1, -0.05) is 6.07 Å². The lowest BCUT2D eigenvalue weighted by Gasteiger charge is -2.21. The van der Waals surface area contributed by atoms with Gasteiger partial charge in [-0.25, -0.2) is 0 Å². The van der Waals surface area contributed by atoms with Gasteiger partial charge in [0.25, 0.3) is 0 Å². The standard InChI is InChI=1S/C16H24N2O3/c17-14-3-1-4-15(11-14)18-16(19)5-2-8-21-12-13-6-9-20-10-7-13/h1,3-4,11,13H,2,5-10,12,17H2,(H,18,19). The van der Waals surface area contributed by atoms with E-state index in [0.29, 0.717) is 24.6 Å². The summed E-state index contributed by atoms with van der Waals surface area (Å²) in [5.41, 5.74) is 7.05. The molecule has 1 aliphatic rings. The SMILES string of the molecule is Nc1cccc(NC(=O)CCCOCC2CCOCC2)c1. The molecule has 1 saturated heterocycles. The minimum Gasteiger partial charge on any atom is -0.399 e. The van der Waals surface area contributed by atoms with Gasteiger partial charge in [0.1, 0.15) is 0 Å². The number of anilines is 2. The summed E-state index contributed by atoms with van der Waals surface area (Å²) < 4.78 is 10.9. The van der Waals surface area contributed by atoms with E-state index in [9.17, 15) is 4.79 Å². The van der Waals surface area contributed by atoms with Crippen LogP contribution in [0.15, 0.2) is 24.3 Å². The summed E-state index contributed by atoms with van der Waals surface area (Å²) in [6.45, 7) is 3.09. The van der Waals surface area contributed by atoms with Gasteiger partial charge in [0.2, 0.25) is 5.91 Å². The molecule has 1 aromatic carbocycles. The molecule has 5 nitrogen and oxygen atoms in total. The van der Waals surface area contributed by atoms with Gasteiger partial charge in [0.15, 0.2) is 0 Å². The molecule has 1 aliphatic heterocycles. The fraction of sp³-hybridized carbons (Fsp3) is 0.562. The number of amides is 1. The Morgan fingerprint density at radius 1 is 1.38 bits per heavy atom. The van der Waals surface area contributed by atoms with Crippen LogP contribution in [-0.4, -0.2) is 32.3 Å². The van der Waals surface area contributed by atoms with Gasteiger partial charge in [-0.15, -0.1) is 0 Å². The summed E-state index contributed by atoms with van der Waals surface area (Å²) in [5, 5.41) is 2.83. The first-order valence-electron chi connectivity index (χ1n) is 7.55. The minimum atomic E-state index is -0.00438. The van der Waals surface area contributed by atoms with Crippen LogP contribution >= 0.6 is 0 Å². The van der Waals surface area contributed by atoms with Gasteiger partial charge in [-0.05, 0) is 43.4 Å². The molecule has 0 aliphatic carbocycles. The molecule has 3 N–H and O–H groups in total. The minimum absolute atomic E-state index is 0.00438. The molecule has 5 heteroatoms. The lowest BCUT2D eigenvalue weighted by Crippen LogP contribution is -2.20. The Bertz CT molecular complexity index is 445. The Morgan fingerprint density at radius 2 is 2.19 bits per heavy atom. The van der Waals surface area contributed by atoms with E-state index in [0.717, 1.165) is 44.8 Å². The number of carbonyl (C=O) groups is 1. The van der Waals surface area contributed by atoms with Crippen molar-refractivity contribution in [2.24, 2.45) is 5.92 Å². The second-order valence-electron chi connectivity index (χ2n) is 5.41. The normalized spacial score (nSPS) is 15.8. The second kappa shape index (κ2) is 8.64. The highest BCUT2D eigenvalue weighted by atomic mass is 16.5. The topological polar surface area (TPSA) is 73.6 Å². The molecule has 0 radical (unpaired) electrons. The molecule has 21 heavy (non-hydrogen) atoms. The molecule has 0 aromatic heterocycles. The molecular weight excluding hydrogens is 268 g/mol. The fourth-order valence-corrected chi connectivity index (χ4v) is 2.34. The fourth-order valence-electron chi connectivity index (χ4n) is 2.34. The monoisotopic (exact) mass is 292 g/mol. The molecule has 1 fully saturated rings. The zero-order valence-electron chi connectivity index (χ0n) is 12.3. The number of hydrogen-bond acceptors (Lipinski definition) is 4. The van der Waals surface area contributed by atoms with E-state index in [2.05, 4.69) is 5.32 Å². The van der Waals surface area contributed by atoms with Crippen molar-refractivity contribution in [2.75, 3.05) is 37.5 Å². The van der Waals surface area contributed by atoms with Gasteiger partial charge in [0.05, 0.1) is 0 Å². The van der Waals surface area contributed by atoms with E-state index in [4.69, 9.17) is 15.2 Å². The summed E-state index contributed by atoms with van der Waals surface area (Å²) in [5.74, 6) is 0.607. The predicted octanol–water partition coefficient (Wildman–Crippen LogP) is 2.43. The average molecular weight is 292 g/mol. The molecule has 0 atom stereocenters. The van der Waals surface area contributed by atoms with Gasteiger partial charge in [-0.2, -0.15) is 0 Å². The molecule has 1 heterocycles. The highest BCUT2D eigenvalue weighted by Gasteiger charge is 2.13. The molecule has 0 saturated carbocycles. The Balaban J connectivity index is 1.54. The Kier molecular flexibility index (Phi) is 6.50. The van der Waals surface area contributed by atoms with Crippen molar-refractivity contribution >= 4 is 17.3 Å². The van der Waals surface area contributed by atoms with E-state index >= 15 is 0 Å². The maximum Gasteiger partial charge on any atom is 0.224 e. The van der Waals surface area contributed by atoms with Crippen LogP contribution in [0.4, 0.5) is 11.4 Å². The first-order chi connectivity index (χ1) is 10.2. The number of nitrogens with two attached hydrogens (primary N) is 1. The lowest BCUT2D eigenvalue weighted by atomic mass is 10.0. The zero-order valence-corrected chi connectivity index (χ0v) is 12.3. The van der Waals surface area contributed by atoms with E-state index < -0.39 is 0 Å². The van der Waals surface area contributed by atoms with Crippen LogP contribution in [0.25, 0.3) is 0 Å². The molecule has 0 spiro atoms. The molecule has 0 bridgehead atoms. The van der Waals surface area contributed by atoms with Crippen molar-refractivity contribution in [3.05, 3.63) is 24.3 Å². The summed E-state index contributed by atoms with van der Waals surface area (Å²) >= 11 is 0. The van der Waals surface area contributed by atoms with Crippen molar-refractivity contribution in [1.29, 1.82) is 0 Å². The lowest BCUT2D eigenvalue weighted by molar-refractivity contribution is -0.116. The highest BCUT2D eigenvalue weighted by Crippen LogP contribution is 2.15. The number of nitrogens with one attached hydrogen (secondary N) is 1. The van der Waals surface area contributed by atoms with Crippen molar-refractivity contribution in [1.82, 2.24) is 0 Å². The van der Waals surface area contributed by atoms with Crippen molar-refractivity contribution in [3.63, 3.8) is 0 Å². The van der Waals surface area contributed by atoms with Crippen LogP contribution in [0.3, 0.4) is 0 Å². The number of ether oxygens (including phenoxy) is 2. The van der Waals surface area contributed by atoms with E-state index in [1.807, 2.05) is 12.1 Å². The van der Waals surface area contributed by atoms with Crippen LogP contribution in [0, 0.1) is 5.92 Å². The van der Waals surface area contributed by atoms with Gasteiger partial charge in [-0.3, -0.25) is 4.79 Å². The van der Waals surface area contributed by atoms with Crippen LogP contribution in [-0.2, 0) is 14.3 Å². The average Bonchev–Trinajstić information content (AvgIpc) is 2.48. The first-order valence-corrected chi connectivity index (χ1v) is 7.55. The Hall–Kier alpha value is -1.59. The molecule has 1 aromatic rings. The number of benzene rings is 1. The zero-order chi connectivity index (χ0) is 14.9. The number of hydrogen-bond donors (Lipinski definition) is 2. The van der Waals surface area contributed by atoms with Crippen LogP contribution in [0.2, 0.25) is 0 Å². The summed E-state index contributed by atoms with van der Waals surface area (Å²) in [6.07, 6.45) is 3.35. The third kappa shape index (κ3) is 6.14. The summed E-state index contributed by atoms with van der Waals surface area (Å²) in [4.78, 5) is 11.8. The predicted molar refractivity (Wildman–Crippen MR) is 83.1 cm³/mol. The van der Waals surface area contributed by atoms with Crippen molar-refractivity contribution in [3.8, 4) is 0 Å². The van der Waals surface area contributed by atoms with Gasteiger partial charge < -0.3 is 20.5 Å². The third-order valence-electron chi connectivity index (χ3n) is 3.56. The smallest absolute Gasteiger partial charge is 0.224 e. The largest absolute Gasteiger partial charge is 0.399 e. The molecule has 2 rings (SSSR count).